The number of rotatable bonds is 3. The van der Waals surface area contributed by atoms with Crippen molar-refractivity contribution in [2.45, 2.75) is 64.5 Å². The summed E-state index contributed by atoms with van der Waals surface area (Å²) in [6.45, 7) is 8.68. The number of nitrogens with zero attached hydrogens (tertiary/aromatic N) is 2. The van der Waals surface area contributed by atoms with E-state index < -0.39 is 11.8 Å². The Balaban J connectivity index is 1.53. The Kier molecular flexibility index (Phi) is 5.66. The Hall–Kier alpha value is -2.28. The largest absolute Gasteiger partial charge is 0.345 e. The van der Waals surface area contributed by atoms with Crippen LogP contribution in [0.1, 0.15) is 56.9 Å². The zero-order chi connectivity index (χ0) is 21.5. The minimum absolute atomic E-state index is 0.0320. The smallest absolute Gasteiger partial charge is 0.314 e. The number of carbonyl (C=O) groups excluding carboxylic acids is 2. The molecule has 2 aromatic rings. The third-order valence-electron chi connectivity index (χ3n) is 6.06. The van der Waals surface area contributed by atoms with Crippen molar-refractivity contribution in [3.63, 3.8) is 0 Å². The van der Waals surface area contributed by atoms with E-state index in [-0.39, 0.29) is 11.5 Å². The second-order valence-electron chi connectivity index (χ2n) is 9.50. The number of carbonyl (C=O) groups is 2. The molecule has 1 aliphatic carbocycles. The lowest BCUT2D eigenvalue weighted by Crippen LogP contribution is -2.46. The van der Waals surface area contributed by atoms with Gasteiger partial charge in [0, 0.05) is 23.1 Å². The summed E-state index contributed by atoms with van der Waals surface area (Å²) in [6.07, 6.45) is 2.95. The van der Waals surface area contributed by atoms with Crippen molar-refractivity contribution >= 4 is 29.4 Å². The van der Waals surface area contributed by atoms with E-state index in [1.165, 1.54) is 0 Å². The zero-order valence-electron chi connectivity index (χ0n) is 18.1. The number of aryl methyl sites for hydroxylation is 1. The number of anilines is 1. The molecule has 1 fully saturated rings. The SMILES string of the molecule is Cc1ccccc1-n1nc2c(c1NC(=O)C(=O)N[C@H]1C[C@@H](C)CC(C)(C)C1)CSC2. The molecule has 1 saturated carbocycles. The van der Waals surface area contributed by atoms with Crippen molar-refractivity contribution in [3.8, 4) is 5.69 Å². The third-order valence-corrected chi connectivity index (χ3v) is 7.03. The molecular weight excluding hydrogens is 396 g/mol. The summed E-state index contributed by atoms with van der Waals surface area (Å²) >= 11 is 1.77. The first-order valence-electron chi connectivity index (χ1n) is 10.6. The number of aromatic nitrogens is 2. The van der Waals surface area contributed by atoms with Crippen molar-refractivity contribution in [2.75, 3.05) is 5.32 Å². The molecule has 1 aromatic carbocycles. The first-order valence-corrected chi connectivity index (χ1v) is 11.8. The number of thioether (sulfide) groups is 1. The first-order chi connectivity index (χ1) is 14.2. The first kappa shape index (κ1) is 21.0. The molecule has 2 N–H and O–H groups in total. The summed E-state index contributed by atoms with van der Waals surface area (Å²) in [6, 6.07) is 7.95. The van der Waals surface area contributed by atoms with Crippen LogP contribution in [0, 0.1) is 18.3 Å². The van der Waals surface area contributed by atoms with Gasteiger partial charge in [0.2, 0.25) is 0 Å². The van der Waals surface area contributed by atoms with Gasteiger partial charge in [0.05, 0.1) is 11.4 Å². The summed E-state index contributed by atoms with van der Waals surface area (Å²) < 4.78 is 1.77. The molecule has 4 rings (SSSR count). The highest BCUT2D eigenvalue weighted by atomic mass is 32.2. The van der Waals surface area contributed by atoms with E-state index in [4.69, 9.17) is 5.10 Å². The molecule has 0 radical (unpaired) electrons. The van der Waals surface area contributed by atoms with Crippen molar-refractivity contribution in [3.05, 3.63) is 41.1 Å². The Morgan fingerprint density at radius 2 is 1.93 bits per heavy atom. The van der Waals surface area contributed by atoms with Crippen LogP contribution in [-0.4, -0.2) is 27.6 Å². The Labute approximate surface area is 182 Å². The van der Waals surface area contributed by atoms with E-state index in [2.05, 4.69) is 31.4 Å². The molecule has 2 amide bonds. The van der Waals surface area contributed by atoms with Crippen LogP contribution in [0.25, 0.3) is 5.69 Å². The van der Waals surface area contributed by atoms with E-state index in [0.29, 0.717) is 11.7 Å². The highest BCUT2D eigenvalue weighted by Gasteiger charge is 2.34. The summed E-state index contributed by atoms with van der Waals surface area (Å²) in [4.78, 5) is 25.5. The molecular formula is C23H30N4O2S. The monoisotopic (exact) mass is 426 g/mol. The maximum Gasteiger partial charge on any atom is 0.314 e. The van der Waals surface area contributed by atoms with Gasteiger partial charge in [0.25, 0.3) is 0 Å². The molecule has 160 valence electrons. The Morgan fingerprint density at radius 1 is 1.17 bits per heavy atom. The molecule has 0 saturated heterocycles. The minimum atomic E-state index is -0.625. The van der Waals surface area contributed by atoms with Gasteiger partial charge < -0.3 is 10.6 Å². The molecule has 2 atom stereocenters. The van der Waals surface area contributed by atoms with Crippen LogP contribution in [0.3, 0.4) is 0 Å². The summed E-state index contributed by atoms with van der Waals surface area (Å²) in [5.74, 6) is 1.56. The lowest BCUT2D eigenvalue weighted by atomic mass is 9.70. The molecule has 7 heteroatoms. The standard InChI is InChI=1S/C23H30N4O2S/c1-14-9-16(11-23(3,4)10-14)24-21(28)22(29)25-20-17-12-30-13-18(17)26-27(20)19-8-6-5-7-15(19)2/h5-8,14,16H,9-13H2,1-4H3,(H,24,28)(H,25,29)/t14-,16+/m1/s1. The van der Waals surface area contributed by atoms with Crippen LogP contribution < -0.4 is 10.6 Å². The topological polar surface area (TPSA) is 76.0 Å². The fourth-order valence-electron chi connectivity index (χ4n) is 4.99. The van der Waals surface area contributed by atoms with E-state index in [9.17, 15) is 9.59 Å². The molecule has 2 heterocycles. The zero-order valence-corrected chi connectivity index (χ0v) is 18.9. The molecule has 1 aliphatic heterocycles. The van der Waals surface area contributed by atoms with Crippen LogP contribution in [-0.2, 0) is 21.1 Å². The molecule has 1 aromatic heterocycles. The fraction of sp³-hybridized carbons (Fsp3) is 0.522. The van der Waals surface area contributed by atoms with Gasteiger partial charge in [-0.25, -0.2) is 4.68 Å². The summed E-state index contributed by atoms with van der Waals surface area (Å²) in [7, 11) is 0. The van der Waals surface area contributed by atoms with Crippen LogP contribution in [0.2, 0.25) is 0 Å². The quantitative estimate of drug-likeness (QED) is 0.722. The predicted molar refractivity (Wildman–Crippen MR) is 121 cm³/mol. The third kappa shape index (κ3) is 4.26. The van der Waals surface area contributed by atoms with Crippen molar-refractivity contribution in [2.24, 2.45) is 11.3 Å². The van der Waals surface area contributed by atoms with E-state index in [0.717, 1.165) is 53.3 Å². The fourth-order valence-corrected chi connectivity index (χ4v) is 6.02. The van der Waals surface area contributed by atoms with Crippen molar-refractivity contribution in [1.82, 2.24) is 15.1 Å². The van der Waals surface area contributed by atoms with Gasteiger partial charge in [-0.15, -0.1) is 0 Å². The molecule has 0 bridgehead atoms. The van der Waals surface area contributed by atoms with Crippen molar-refractivity contribution in [1.29, 1.82) is 0 Å². The van der Waals surface area contributed by atoms with Gasteiger partial charge in [-0.2, -0.15) is 16.9 Å². The molecule has 0 spiro atoms. The number of amides is 2. The molecule has 0 unspecified atom stereocenters. The van der Waals surface area contributed by atoms with Gasteiger partial charge in [0.15, 0.2) is 0 Å². The van der Waals surface area contributed by atoms with Crippen LogP contribution >= 0.6 is 11.8 Å². The Bertz CT molecular complexity index is 982. The lowest BCUT2D eigenvalue weighted by Gasteiger charge is -2.39. The summed E-state index contributed by atoms with van der Waals surface area (Å²) in [5.41, 5.74) is 4.13. The van der Waals surface area contributed by atoms with Gasteiger partial charge in [0.1, 0.15) is 5.82 Å². The predicted octanol–water partition coefficient (Wildman–Crippen LogP) is 4.20. The van der Waals surface area contributed by atoms with Gasteiger partial charge >= 0.3 is 11.8 Å². The maximum absolute atomic E-state index is 12.8. The Morgan fingerprint density at radius 3 is 2.67 bits per heavy atom. The number of nitrogens with one attached hydrogen (secondary N) is 2. The van der Waals surface area contributed by atoms with Crippen LogP contribution in [0.4, 0.5) is 5.82 Å². The molecule has 30 heavy (non-hydrogen) atoms. The van der Waals surface area contributed by atoms with Crippen LogP contribution in [0.15, 0.2) is 24.3 Å². The lowest BCUT2D eigenvalue weighted by molar-refractivity contribution is -0.137. The molecule has 2 aliphatic rings. The van der Waals surface area contributed by atoms with Gasteiger partial charge in [-0.05, 0) is 49.1 Å². The number of hydrogen-bond acceptors (Lipinski definition) is 4. The number of fused-ring (bicyclic) bond motifs is 1. The maximum atomic E-state index is 12.8. The summed E-state index contributed by atoms with van der Waals surface area (Å²) in [5, 5.41) is 10.6. The van der Waals surface area contributed by atoms with Crippen molar-refractivity contribution < 1.29 is 9.59 Å². The average Bonchev–Trinajstić information content (AvgIpc) is 3.23. The minimum Gasteiger partial charge on any atom is -0.345 e. The second kappa shape index (κ2) is 8.10. The highest BCUT2D eigenvalue weighted by Crippen LogP contribution is 2.39. The normalized spacial score (nSPS) is 22.4. The van der Waals surface area contributed by atoms with Crippen LogP contribution in [0.5, 0.6) is 0 Å². The number of para-hydroxylation sites is 1. The van der Waals surface area contributed by atoms with E-state index >= 15 is 0 Å². The average molecular weight is 427 g/mol. The van der Waals surface area contributed by atoms with Gasteiger partial charge in [-0.3, -0.25) is 9.59 Å². The van der Waals surface area contributed by atoms with E-state index in [1.54, 1.807) is 16.4 Å². The number of hydrogen-bond donors (Lipinski definition) is 2. The number of benzene rings is 1. The highest BCUT2D eigenvalue weighted by molar-refractivity contribution is 7.98. The van der Waals surface area contributed by atoms with Gasteiger partial charge in [-0.1, -0.05) is 39.0 Å². The van der Waals surface area contributed by atoms with E-state index in [1.807, 2.05) is 31.2 Å². The molecule has 6 nitrogen and oxygen atoms in total. The second-order valence-corrected chi connectivity index (χ2v) is 10.5.